The van der Waals surface area contributed by atoms with E-state index in [-0.39, 0.29) is 52.7 Å². The zero-order valence-electron chi connectivity index (χ0n) is 16.8. The summed E-state index contributed by atoms with van der Waals surface area (Å²) in [5.41, 5.74) is 0. The molecule has 0 aliphatic rings. The van der Waals surface area contributed by atoms with Crippen molar-refractivity contribution in [3.8, 4) is 0 Å². The summed E-state index contributed by atoms with van der Waals surface area (Å²) in [6, 6.07) is 0. The maximum atomic E-state index is 10.3. The van der Waals surface area contributed by atoms with Gasteiger partial charge < -0.3 is 39.6 Å². The Morgan fingerprint density at radius 2 is 0.964 bits per heavy atom. The van der Waals surface area contributed by atoms with Gasteiger partial charge >= 0.3 is 40.8 Å². The standard InChI is InChI=1S/2C8H16O2.2CHO2.2Pd/c2*1-3-5-6-7(4-2)8(9)10;2*2-1-3;;/h2*7H,3-6H2,1-2H3,(H,9,10);2*(H,2,3);;/q;;2*-1;2*+2/p-2. The van der Waals surface area contributed by atoms with Gasteiger partial charge in [0, 0.05) is 11.9 Å². The number of carbonyl (C=O) groups is 2. The molecule has 172 valence electrons. The minimum Gasteiger partial charge on any atom is -0.665 e. The summed E-state index contributed by atoms with van der Waals surface area (Å²) >= 11 is 0. The summed E-state index contributed by atoms with van der Waals surface area (Å²) in [6.07, 6.45) is 7.04. The van der Waals surface area contributed by atoms with E-state index in [1.165, 1.54) is 0 Å². The molecule has 0 aromatic carbocycles. The number of aliphatic hydroxyl groups excluding tert-OH is 2. The second kappa shape index (κ2) is 37.0. The molecule has 0 spiro atoms. The van der Waals surface area contributed by atoms with Crippen LogP contribution in [0.2, 0.25) is 0 Å². The molecule has 0 aliphatic carbocycles. The van der Waals surface area contributed by atoms with E-state index in [1.54, 1.807) is 0 Å². The van der Waals surface area contributed by atoms with Crippen molar-refractivity contribution in [3.63, 3.8) is 0 Å². The topological polar surface area (TPSA) is 155 Å². The SMILES string of the molecule is CCCCC(CC)C(=O)[O-].CCCCC(CC)C(=O)[O-].O=[C-]O.O=[C-]O.[Pd+2].[Pd+2]. The molecular formula is C18H32O8Pd2. The first kappa shape index (κ1) is 41.5. The predicted molar refractivity (Wildman–Crippen MR) is 93.3 cm³/mol. The Labute approximate surface area is 195 Å². The molecule has 0 heterocycles. The Kier molecular flexibility index (Phi) is 54.9. The molecular weight excluding hydrogens is 557 g/mol. The molecule has 10 heteroatoms. The molecule has 2 N–H and O–H groups in total. The molecule has 0 saturated heterocycles. The van der Waals surface area contributed by atoms with E-state index in [0.29, 0.717) is 25.8 Å². The van der Waals surface area contributed by atoms with E-state index in [9.17, 15) is 19.8 Å². The van der Waals surface area contributed by atoms with Crippen molar-refractivity contribution in [1.82, 2.24) is 0 Å². The third kappa shape index (κ3) is 40.0. The van der Waals surface area contributed by atoms with Crippen LogP contribution in [0.4, 0.5) is 0 Å². The van der Waals surface area contributed by atoms with Gasteiger partial charge in [-0.25, -0.2) is 0 Å². The summed E-state index contributed by atoms with van der Waals surface area (Å²) in [6.45, 7) is 8.89. The summed E-state index contributed by atoms with van der Waals surface area (Å²) in [4.78, 5) is 37.1. The van der Waals surface area contributed by atoms with Crippen LogP contribution in [-0.4, -0.2) is 35.1 Å². The Bertz CT molecular complexity index is 310. The molecule has 0 aromatic rings. The van der Waals surface area contributed by atoms with Gasteiger partial charge in [-0.05, 0) is 37.5 Å². The van der Waals surface area contributed by atoms with Crippen molar-refractivity contribution >= 4 is 24.9 Å². The predicted octanol–water partition coefficient (Wildman–Crippen LogP) is 1.12. The van der Waals surface area contributed by atoms with Crippen LogP contribution in [0.3, 0.4) is 0 Å². The maximum absolute atomic E-state index is 10.3. The first-order chi connectivity index (χ1) is 12.3. The van der Waals surface area contributed by atoms with Crippen molar-refractivity contribution in [2.75, 3.05) is 0 Å². The second-order valence-electron chi connectivity index (χ2n) is 5.32. The quantitative estimate of drug-likeness (QED) is 0.284. The largest absolute Gasteiger partial charge is 2.00 e. The molecule has 8 nitrogen and oxygen atoms in total. The molecule has 0 aromatic heterocycles. The molecule has 0 rings (SSSR count). The molecule has 0 saturated carbocycles. The minimum atomic E-state index is -0.893. The Morgan fingerprint density at radius 3 is 1.07 bits per heavy atom. The fourth-order valence-electron chi connectivity index (χ4n) is 1.88. The first-order valence-corrected chi connectivity index (χ1v) is 8.71. The number of hydrogen-bond acceptors (Lipinski definition) is 6. The van der Waals surface area contributed by atoms with E-state index in [0.717, 1.165) is 38.5 Å². The number of carboxylic acid groups (broad SMARTS) is 2. The molecule has 28 heavy (non-hydrogen) atoms. The molecule has 0 aliphatic heterocycles. The number of carbonyl (C=O) groups excluding carboxylic acids is 2. The summed E-state index contributed by atoms with van der Waals surface area (Å²) in [7, 11) is 0. The van der Waals surface area contributed by atoms with Crippen molar-refractivity contribution < 1.29 is 80.4 Å². The van der Waals surface area contributed by atoms with E-state index in [1.807, 2.05) is 13.8 Å². The summed E-state index contributed by atoms with van der Waals surface area (Å²) in [5.74, 6) is -2.23. The van der Waals surface area contributed by atoms with Gasteiger partial charge in [-0.3, -0.25) is 0 Å². The van der Waals surface area contributed by atoms with Gasteiger partial charge in [-0.2, -0.15) is 0 Å². The number of unbranched alkanes of at least 4 members (excludes halogenated alkanes) is 2. The fraction of sp³-hybridized carbons (Fsp3) is 0.778. The van der Waals surface area contributed by atoms with E-state index >= 15 is 0 Å². The van der Waals surface area contributed by atoms with Crippen LogP contribution in [-0.2, 0) is 60.0 Å². The first-order valence-electron chi connectivity index (χ1n) is 8.71. The fourth-order valence-corrected chi connectivity index (χ4v) is 1.88. The van der Waals surface area contributed by atoms with E-state index in [4.69, 9.17) is 19.8 Å². The molecule has 0 radical (unpaired) electrons. The molecule has 2 unspecified atom stereocenters. The normalized spacial score (nSPS) is 10.1. The average molecular weight is 589 g/mol. The number of aliphatic carboxylic acids is 2. The third-order valence-corrected chi connectivity index (χ3v) is 3.46. The molecule has 0 bridgehead atoms. The van der Waals surface area contributed by atoms with Gasteiger partial charge in [0.1, 0.15) is 0 Å². The summed E-state index contributed by atoms with van der Waals surface area (Å²) in [5, 5.41) is 34.2. The smallest absolute Gasteiger partial charge is 0.665 e. The van der Waals surface area contributed by atoms with Gasteiger partial charge in [0.15, 0.2) is 0 Å². The number of rotatable bonds is 10. The van der Waals surface area contributed by atoms with Gasteiger partial charge in [0.2, 0.25) is 0 Å². The van der Waals surface area contributed by atoms with Crippen LogP contribution in [0.1, 0.15) is 79.1 Å². The number of hydrogen-bond donors (Lipinski definition) is 2. The number of carboxylic acids is 2. The van der Waals surface area contributed by atoms with Crippen molar-refractivity contribution in [2.45, 2.75) is 79.1 Å². The summed E-state index contributed by atoms with van der Waals surface area (Å²) < 4.78 is 0. The van der Waals surface area contributed by atoms with E-state index < -0.39 is 11.9 Å². The monoisotopic (exact) mass is 588 g/mol. The Hall–Kier alpha value is -0.795. The second-order valence-corrected chi connectivity index (χ2v) is 5.32. The maximum Gasteiger partial charge on any atom is 2.00 e. The van der Waals surface area contributed by atoms with Gasteiger partial charge in [-0.1, -0.05) is 66.3 Å². The van der Waals surface area contributed by atoms with E-state index in [2.05, 4.69) is 13.8 Å². The van der Waals surface area contributed by atoms with Gasteiger partial charge in [-0.15, -0.1) is 0 Å². The van der Waals surface area contributed by atoms with Crippen LogP contribution in [0.15, 0.2) is 0 Å². The molecule has 0 fully saturated rings. The van der Waals surface area contributed by atoms with Crippen LogP contribution in [0, 0.1) is 11.8 Å². The van der Waals surface area contributed by atoms with Crippen LogP contribution < -0.4 is 10.2 Å². The Balaban J connectivity index is -0.0000000638. The van der Waals surface area contributed by atoms with Crippen LogP contribution in [0.25, 0.3) is 0 Å². The Morgan fingerprint density at radius 1 is 0.750 bits per heavy atom. The van der Waals surface area contributed by atoms with Crippen molar-refractivity contribution in [1.29, 1.82) is 0 Å². The van der Waals surface area contributed by atoms with Crippen LogP contribution >= 0.6 is 0 Å². The minimum absolute atomic E-state index is 0. The average Bonchev–Trinajstić information content (AvgIpc) is 2.58. The molecule has 2 atom stereocenters. The zero-order valence-corrected chi connectivity index (χ0v) is 19.9. The van der Waals surface area contributed by atoms with Crippen LogP contribution in [0.5, 0.6) is 0 Å². The zero-order chi connectivity index (χ0) is 21.4. The van der Waals surface area contributed by atoms with Crippen molar-refractivity contribution in [2.24, 2.45) is 11.8 Å². The van der Waals surface area contributed by atoms with Gasteiger partial charge in [0.05, 0.1) is 0 Å². The third-order valence-electron chi connectivity index (χ3n) is 3.46. The van der Waals surface area contributed by atoms with Gasteiger partial charge in [0.25, 0.3) is 0 Å². The molecule has 0 amide bonds. The van der Waals surface area contributed by atoms with Crippen molar-refractivity contribution in [3.05, 3.63) is 0 Å².